The maximum atomic E-state index is 14.1. The Balaban J connectivity index is 0.690. The van der Waals surface area contributed by atoms with Crippen molar-refractivity contribution in [3.63, 3.8) is 0 Å². The molecule has 2 N–H and O–H groups in total. The van der Waals surface area contributed by atoms with Gasteiger partial charge in [-0.25, -0.2) is 14.8 Å². The molecule has 7 aromatic rings. The summed E-state index contributed by atoms with van der Waals surface area (Å²) in [6.45, 7) is 12.1. The van der Waals surface area contributed by atoms with Crippen LogP contribution in [-0.4, -0.2) is 86.2 Å². The first kappa shape index (κ1) is 51.2. The van der Waals surface area contributed by atoms with Gasteiger partial charge >= 0.3 is 5.97 Å². The van der Waals surface area contributed by atoms with Gasteiger partial charge in [-0.1, -0.05) is 72.7 Å². The number of aryl methyl sites for hydroxylation is 1. The van der Waals surface area contributed by atoms with Crippen molar-refractivity contribution in [1.82, 2.24) is 30.0 Å². The Bertz CT molecular complexity index is 3320. The molecule has 0 spiro atoms. The lowest BCUT2D eigenvalue weighted by atomic mass is 9.84. The van der Waals surface area contributed by atoms with Crippen LogP contribution in [0.3, 0.4) is 0 Å². The van der Waals surface area contributed by atoms with Crippen molar-refractivity contribution < 1.29 is 28.7 Å². The van der Waals surface area contributed by atoms with Crippen molar-refractivity contribution in [2.24, 2.45) is 13.0 Å². The molecule has 15 heteroatoms. The van der Waals surface area contributed by atoms with Gasteiger partial charge in [0.05, 0.1) is 33.4 Å². The number of anilines is 2. The molecule has 4 aliphatic rings. The highest BCUT2D eigenvalue weighted by atomic mass is 32.1. The lowest BCUT2D eigenvalue weighted by Gasteiger charge is -2.31. The number of fused-ring (bicyclic) bond motifs is 3. The number of rotatable bonds is 14. The zero-order valence-electron chi connectivity index (χ0n) is 44.3. The van der Waals surface area contributed by atoms with Crippen LogP contribution in [0.25, 0.3) is 32.2 Å². The number of carbonyl (C=O) groups is 4. The molecule has 11 rings (SSSR count). The number of pyridine rings is 1. The Morgan fingerprint density at radius 2 is 1.68 bits per heavy atom. The van der Waals surface area contributed by atoms with Crippen LogP contribution in [0, 0.1) is 12.8 Å². The number of imide groups is 1. The molecule has 3 aromatic heterocycles. The molecule has 3 fully saturated rings. The number of hydrogen-bond donors (Lipinski definition) is 2. The van der Waals surface area contributed by atoms with Crippen molar-refractivity contribution in [3.05, 3.63) is 130 Å². The Morgan fingerprint density at radius 3 is 2.50 bits per heavy atom. The predicted octanol–water partition coefficient (Wildman–Crippen LogP) is 11.4. The summed E-state index contributed by atoms with van der Waals surface area (Å²) in [6, 6.07) is 30.4. The number of likely N-dealkylation sites (tertiary alicyclic amines) is 1. The van der Waals surface area contributed by atoms with E-state index in [0.717, 1.165) is 113 Å². The fourth-order valence-corrected chi connectivity index (χ4v) is 12.9. The van der Waals surface area contributed by atoms with E-state index in [9.17, 15) is 19.2 Å². The van der Waals surface area contributed by atoms with Crippen LogP contribution in [0.15, 0.2) is 91.0 Å². The first-order valence-corrected chi connectivity index (χ1v) is 28.1. The van der Waals surface area contributed by atoms with Crippen LogP contribution in [0.5, 0.6) is 5.75 Å². The van der Waals surface area contributed by atoms with Crippen LogP contribution in [0.1, 0.15) is 146 Å². The van der Waals surface area contributed by atoms with Crippen LogP contribution in [-0.2, 0) is 34.3 Å². The number of amides is 3. The molecule has 6 heterocycles. The maximum Gasteiger partial charge on any atom is 0.358 e. The zero-order chi connectivity index (χ0) is 52.7. The fraction of sp³-hybridized carbons (Fsp3) is 0.426. The third kappa shape index (κ3) is 11.0. The number of carbonyl (C=O) groups excluding carboxylic acids is 4. The summed E-state index contributed by atoms with van der Waals surface area (Å²) < 4.78 is 15.7. The number of nitrogens with one attached hydrogen (secondary N) is 2. The topological polar surface area (TPSA) is 161 Å². The van der Waals surface area contributed by atoms with E-state index >= 15 is 0 Å². The van der Waals surface area contributed by atoms with Gasteiger partial charge in [0.2, 0.25) is 11.8 Å². The van der Waals surface area contributed by atoms with Crippen molar-refractivity contribution in [2.75, 3.05) is 36.4 Å². The second-order valence-electron chi connectivity index (χ2n) is 22.4. The van der Waals surface area contributed by atoms with E-state index in [1.165, 1.54) is 36.2 Å². The average Bonchev–Trinajstić information content (AvgIpc) is 4.17. The minimum Gasteiger partial charge on any atom is -0.490 e. The van der Waals surface area contributed by atoms with Gasteiger partial charge in [0.1, 0.15) is 17.2 Å². The second kappa shape index (κ2) is 21.6. The summed E-state index contributed by atoms with van der Waals surface area (Å²) in [5, 5.41) is 11.8. The van der Waals surface area contributed by atoms with E-state index in [0.29, 0.717) is 59.8 Å². The molecular weight excluding hydrogens is 973 g/mol. The summed E-state index contributed by atoms with van der Waals surface area (Å²) in [5.41, 5.74) is 8.67. The highest BCUT2D eigenvalue weighted by Crippen LogP contribution is 2.39. The Labute approximate surface area is 448 Å². The van der Waals surface area contributed by atoms with Crippen molar-refractivity contribution in [1.29, 1.82) is 0 Å². The number of aromatic nitrogens is 4. The minimum absolute atomic E-state index is 0.127. The highest BCUT2D eigenvalue weighted by Gasteiger charge is 2.33. The van der Waals surface area contributed by atoms with Gasteiger partial charge < -0.3 is 19.3 Å². The maximum absolute atomic E-state index is 14.1. The van der Waals surface area contributed by atoms with Crippen LogP contribution >= 0.6 is 11.3 Å². The van der Waals surface area contributed by atoms with Gasteiger partial charge in [-0.3, -0.25) is 29.7 Å². The first-order valence-electron chi connectivity index (χ1n) is 27.3. The summed E-state index contributed by atoms with van der Waals surface area (Å²) in [5.74, 6) is 1.10. The smallest absolute Gasteiger partial charge is 0.358 e. The molecular formula is C61H68N8O6S. The average molecular weight is 1040 g/mol. The quantitative estimate of drug-likeness (QED) is 0.0606. The van der Waals surface area contributed by atoms with E-state index in [-0.39, 0.29) is 29.5 Å². The van der Waals surface area contributed by atoms with Crippen LogP contribution in [0.2, 0.25) is 0 Å². The van der Waals surface area contributed by atoms with Gasteiger partial charge in [-0.05, 0) is 174 Å². The number of benzene rings is 4. The third-order valence-electron chi connectivity index (χ3n) is 16.0. The molecule has 0 unspecified atom stereocenters. The minimum atomic E-state index is -0.730. The van der Waals surface area contributed by atoms with Gasteiger partial charge in [-0.2, -0.15) is 5.10 Å². The summed E-state index contributed by atoms with van der Waals surface area (Å²) in [7, 11) is 1.94. The number of hydrogen-bond acceptors (Lipinski definition) is 12. The molecule has 0 radical (unpaired) electrons. The number of unbranched alkanes of at least 4 members (excludes halogenated alkanes) is 1. The molecule has 3 amide bonds. The molecule has 3 aliphatic heterocycles. The number of ether oxygens (including phenoxy) is 2. The zero-order valence-corrected chi connectivity index (χ0v) is 45.1. The summed E-state index contributed by atoms with van der Waals surface area (Å²) in [6.07, 6.45) is 10.8. The monoisotopic (exact) mass is 1040 g/mol. The highest BCUT2D eigenvalue weighted by molar-refractivity contribution is 7.22. The number of nitrogens with zero attached hydrogens (tertiary/aromatic N) is 6. The molecule has 394 valence electrons. The number of esters is 1. The standard InChI is InChI=1S/C61H68N8O6S/c1-37-43(44-25-27-53(63-56(44)59(73)75-61(2,3)4)69-33-30-39-13-10-15-45(48(39)36-69)57(71)65-60-62-49-16-6-7-18-52(49)76-60)14-11-17-51(37)74-42-22-19-38(20-23-42)12-8-9-31-68-32-29-41(35-68)40-21-24-46-50(34-40)67(5)66-55(46)47-26-28-54(70)64-58(47)72/h6-7,10-11,13-18,21,24-25,27,34,38,41-42,47H,8-9,12,19-20,22-23,26,28-33,35-36H2,1-5H3,(H,62,65,71)(H,64,70,72)/t38?,41-,42?,47+/m1/s1. The summed E-state index contributed by atoms with van der Waals surface area (Å²) >= 11 is 1.45. The molecule has 1 saturated carbocycles. The van der Waals surface area contributed by atoms with Crippen molar-refractivity contribution in [3.8, 4) is 16.9 Å². The molecule has 2 saturated heterocycles. The van der Waals surface area contributed by atoms with E-state index in [4.69, 9.17) is 19.6 Å². The molecule has 2 atom stereocenters. The number of thiazole rings is 1. The fourth-order valence-electron chi connectivity index (χ4n) is 12.0. The van der Waals surface area contributed by atoms with Crippen LogP contribution in [0.4, 0.5) is 10.9 Å². The lowest BCUT2D eigenvalue weighted by molar-refractivity contribution is -0.134. The summed E-state index contributed by atoms with van der Waals surface area (Å²) in [4.78, 5) is 66.8. The third-order valence-corrected chi connectivity index (χ3v) is 17.0. The SMILES string of the molecule is Cc1c(OC2CCC(CCCCN3CC[C@@H](c4ccc5c([C@@H]6CCC(=O)NC6=O)nn(C)c5c4)C3)CC2)cccc1-c1ccc(N2CCc3cccc(C(=O)Nc4nc5ccccc5s4)c3C2)nc1C(=O)OC(C)(C)C. The van der Waals surface area contributed by atoms with E-state index in [1.807, 2.05) is 99.2 Å². The van der Waals surface area contributed by atoms with E-state index in [2.05, 4.69) is 56.6 Å². The van der Waals surface area contributed by atoms with Gasteiger partial charge in [0, 0.05) is 49.6 Å². The Morgan fingerprint density at radius 1 is 0.855 bits per heavy atom. The van der Waals surface area contributed by atoms with Crippen LogP contribution < -0.4 is 20.3 Å². The van der Waals surface area contributed by atoms with E-state index < -0.39 is 17.5 Å². The van der Waals surface area contributed by atoms with Gasteiger partial charge in [-0.15, -0.1) is 0 Å². The number of piperidine rings is 1. The Hall–Kier alpha value is -6.97. The lowest BCUT2D eigenvalue weighted by Crippen LogP contribution is -2.39. The Kier molecular flexibility index (Phi) is 14.5. The molecule has 0 bridgehead atoms. The number of para-hydroxylation sites is 1. The molecule has 1 aliphatic carbocycles. The molecule has 76 heavy (non-hydrogen) atoms. The molecule has 4 aromatic carbocycles. The van der Waals surface area contributed by atoms with Gasteiger partial charge in [0.15, 0.2) is 10.8 Å². The van der Waals surface area contributed by atoms with Gasteiger partial charge in [0.25, 0.3) is 5.91 Å². The largest absolute Gasteiger partial charge is 0.490 e. The first-order chi connectivity index (χ1) is 36.7. The van der Waals surface area contributed by atoms with Crippen molar-refractivity contribution >= 4 is 67.1 Å². The molecule has 14 nitrogen and oxygen atoms in total. The predicted molar refractivity (Wildman–Crippen MR) is 298 cm³/mol. The normalized spacial score (nSPS) is 20.2. The second-order valence-corrected chi connectivity index (χ2v) is 23.4. The van der Waals surface area contributed by atoms with E-state index in [1.54, 1.807) is 0 Å². The van der Waals surface area contributed by atoms with Crippen molar-refractivity contribution in [2.45, 2.75) is 128 Å².